The van der Waals surface area contributed by atoms with Crippen LogP contribution in [-0.4, -0.2) is 38.6 Å². The molecule has 29 heavy (non-hydrogen) atoms. The zero-order valence-corrected chi connectivity index (χ0v) is 17.7. The van der Waals surface area contributed by atoms with E-state index in [2.05, 4.69) is 14.7 Å². The van der Waals surface area contributed by atoms with Crippen molar-refractivity contribution in [3.8, 4) is 11.5 Å². The van der Waals surface area contributed by atoms with Gasteiger partial charge in [-0.25, -0.2) is 9.59 Å². The summed E-state index contributed by atoms with van der Waals surface area (Å²) in [4.78, 5) is 28.5. The van der Waals surface area contributed by atoms with Crippen LogP contribution in [-0.2, 0) is 34.7 Å². The number of cyclic esters (lactones) is 2. The van der Waals surface area contributed by atoms with Crippen molar-refractivity contribution in [3.05, 3.63) is 68.1 Å². The fourth-order valence-electron chi connectivity index (χ4n) is 2.00. The normalized spacial score (nSPS) is 11.9. The second-order valence-electron chi connectivity index (χ2n) is 4.97. The van der Waals surface area contributed by atoms with Crippen molar-refractivity contribution in [2.75, 3.05) is 14.2 Å². The number of esters is 2. The number of hydrogen-bond acceptors (Lipinski definition) is 7. The van der Waals surface area contributed by atoms with E-state index in [1.807, 2.05) is 48.5 Å². The molecule has 1 heterocycles. The number of aliphatic imine (C=N–C) groups is 2. The minimum Gasteiger partial charge on any atom is -0.494 e. The van der Waals surface area contributed by atoms with Gasteiger partial charge in [0.1, 0.15) is 22.9 Å². The van der Waals surface area contributed by atoms with Crippen molar-refractivity contribution in [3.63, 3.8) is 0 Å². The van der Waals surface area contributed by atoms with Gasteiger partial charge in [-0.2, -0.15) is 0 Å². The van der Waals surface area contributed by atoms with Gasteiger partial charge in [-0.1, -0.05) is 24.3 Å². The van der Waals surface area contributed by atoms with Crippen LogP contribution >= 0.6 is 0 Å². The van der Waals surface area contributed by atoms with Gasteiger partial charge in [0.2, 0.25) is 0 Å². The van der Waals surface area contributed by atoms with Gasteiger partial charge in [0, 0.05) is 45.0 Å². The van der Waals surface area contributed by atoms with Gasteiger partial charge in [-0.05, 0) is 24.3 Å². The van der Waals surface area contributed by atoms with Crippen molar-refractivity contribution >= 4 is 35.7 Å². The molecule has 0 radical (unpaired) electrons. The zero-order valence-electron chi connectivity index (χ0n) is 16.2. The standard InChI is InChI=1S/C16H16N2O2.C4H2O3.CH3.Pd/c1-19-15-9-5-3-7-13(15)17-11-12-18-14-8-4-6-10-16(14)20-2;5-3-1-2-4(6)7-3;;/h3-12H,1-2H3;1-2H;1H3;/q;;-1;. The minimum atomic E-state index is -0.579. The molecule has 0 saturated carbocycles. The van der Waals surface area contributed by atoms with E-state index < -0.39 is 11.9 Å². The van der Waals surface area contributed by atoms with E-state index in [0.717, 1.165) is 35.0 Å². The van der Waals surface area contributed by atoms with Crippen LogP contribution in [0, 0.1) is 7.43 Å². The molecular weight excluding hydrogens is 467 g/mol. The maximum absolute atomic E-state index is 9.92. The van der Waals surface area contributed by atoms with Gasteiger partial charge in [0.15, 0.2) is 0 Å². The average Bonchev–Trinajstić information content (AvgIpc) is 3.09. The molecule has 3 rings (SSSR count). The molecule has 0 unspecified atom stereocenters. The molecule has 2 aromatic rings. The van der Waals surface area contributed by atoms with Crippen LogP contribution in [0.1, 0.15) is 0 Å². The van der Waals surface area contributed by atoms with Crippen molar-refractivity contribution in [1.29, 1.82) is 0 Å². The molecule has 0 aromatic heterocycles. The quantitative estimate of drug-likeness (QED) is 0.210. The Kier molecular flexibility index (Phi) is 12.5. The Bertz CT molecular complexity index is 823. The second kappa shape index (κ2) is 14.0. The third-order valence-electron chi connectivity index (χ3n) is 3.22. The predicted molar refractivity (Wildman–Crippen MR) is 109 cm³/mol. The fraction of sp³-hybridized carbons (Fsp3) is 0.0952. The number of nitrogens with zero attached hydrogens (tertiary/aromatic N) is 2. The Morgan fingerprint density at radius 3 is 1.45 bits per heavy atom. The van der Waals surface area contributed by atoms with Gasteiger partial charge in [0.25, 0.3) is 0 Å². The Labute approximate surface area is 183 Å². The summed E-state index contributed by atoms with van der Waals surface area (Å²) in [5, 5.41) is 0. The molecule has 0 atom stereocenters. The summed E-state index contributed by atoms with van der Waals surface area (Å²) >= 11 is 0. The van der Waals surface area contributed by atoms with E-state index in [9.17, 15) is 9.59 Å². The monoisotopic (exact) mass is 487 g/mol. The molecule has 1 aliphatic heterocycles. The van der Waals surface area contributed by atoms with Crippen LogP contribution in [0.15, 0.2) is 70.7 Å². The molecule has 0 fully saturated rings. The summed E-state index contributed by atoms with van der Waals surface area (Å²) in [6, 6.07) is 15.1. The van der Waals surface area contributed by atoms with Gasteiger partial charge in [-0.15, -0.1) is 0 Å². The Hall–Kier alpha value is -3.08. The minimum absolute atomic E-state index is 0. The molecule has 0 bridgehead atoms. The average molecular weight is 488 g/mol. The number of carbonyl (C=O) groups excluding carboxylic acids is 2. The van der Waals surface area contributed by atoms with Crippen molar-refractivity contribution < 1.29 is 44.2 Å². The van der Waals surface area contributed by atoms with Gasteiger partial charge in [-0.3, -0.25) is 9.98 Å². The van der Waals surface area contributed by atoms with Crippen molar-refractivity contribution in [2.24, 2.45) is 9.98 Å². The van der Waals surface area contributed by atoms with Crippen LogP contribution < -0.4 is 9.47 Å². The summed E-state index contributed by atoms with van der Waals surface area (Å²) in [5.74, 6) is 0.305. The first-order valence-electron chi connectivity index (χ1n) is 7.90. The van der Waals surface area contributed by atoms with Crippen molar-refractivity contribution in [1.82, 2.24) is 0 Å². The molecule has 2 aromatic carbocycles. The third-order valence-corrected chi connectivity index (χ3v) is 3.22. The third kappa shape index (κ3) is 8.64. The Balaban J connectivity index is 0.000000742. The first-order valence-corrected chi connectivity index (χ1v) is 7.90. The van der Waals surface area contributed by atoms with E-state index in [0.29, 0.717) is 0 Å². The molecule has 0 N–H and O–H groups in total. The van der Waals surface area contributed by atoms with Crippen LogP contribution in [0.2, 0.25) is 0 Å². The second-order valence-corrected chi connectivity index (χ2v) is 4.97. The van der Waals surface area contributed by atoms with Crippen LogP contribution in [0.5, 0.6) is 11.5 Å². The molecule has 1 aliphatic rings. The number of para-hydroxylation sites is 4. The fourth-order valence-corrected chi connectivity index (χ4v) is 2.00. The van der Waals surface area contributed by atoms with Crippen molar-refractivity contribution in [2.45, 2.75) is 0 Å². The van der Waals surface area contributed by atoms with Crippen LogP contribution in [0.4, 0.5) is 11.4 Å². The maximum atomic E-state index is 9.92. The Morgan fingerprint density at radius 2 is 1.14 bits per heavy atom. The maximum Gasteiger partial charge on any atom is 0.338 e. The van der Waals surface area contributed by atoms with E-state index in [1.54, 1.807) is 26.6 Å². The molecule has 156 valence electrons. The molecular formula is C21H21N2O5Pd-. The zero-order chi connectivity index (χ0) is 19.5. The first kappa shape index (κ1) is 25.9. The van der Waals surface area contributed by atoms with E-state index >= 15 is 0 Å². The summed E-state index contributed by atoms with van der Waals surface area (Å²) in [7, 11) is 3.24. The smallest absolute Gasteiger partial charge is 0.338 e. The number of ether oxygens (including phenoxy) is 3. The van der Waals surface area contributed by atoms with Gasteiger partial charge in [0.05, 0.1) is 14.2 Å². The summed E-state index contributed by atoms with van der Waals surface area (Å²) in [6.07, 6.45) is 5.43. The van der Waals surface area contributed by atoms with E-state index in [-0.39, 0.29) is 27.8 Å². The predicted octanol–water partition coefficient (Wildman–Crippen LogP) is 3.88. The van der Waals surface area contributed by atoms with Gasteiger partial charge >= 0.3 is 11.9 Å². The van der Waals surface area contributed by atoms with E-state index in [4.69, 9.17) is 9.47 Å². The van der Waals surface area contributed by atoms with Gasteiger partial charge < -0.3 is 21.6 Å². The van der Waals surface area contributed by atoms with Crippen LogP contribution in [0.3, 0.4) is 0 Å². The summed E-state index contributed by atoms with van der Waals surface area (Å²) < 4.78 is 14.4. The largest absolute Gasteiger partial charge is 0.494 e. The summed E-state index contributed by atoms with van der Waals surface area (Å²) in [5.41, 5.74) is 1.53. The summed E-state index contributed by atoms with van der Waals surface area (Å²) in [6.45, 7) is 0. The number of carbonyl (C=O) groups is 2. The van der Waals surface area contributed by atoms with E-state index in [1.165, 1.54) is 0 Å². The number of hydrogen-bond donors (Lipinski definition) is 0. The Morgan fingerprint density at radius 1 is 0.759 bits per heavy atom. The van der Waals surface area contributed by atoms with Crippen LogP contribution in [0.25, 0.3) is 0 Å². The molecule has 0 saturated heterocycles. The number of methoxy groups -OCH3 is 2. The molecule has 7 nitrogen and oxygen atoms in total. The molecule has 8 heteroatoms. The SMILES string of the molecule is COc1ccccc1N=CC=Nc1ccccc1OC.O=C1C=CC(=O)O1.[CH3-].[Pd]. The first-order chi connectivity index (χ1) is 13.1. The topological polar surface area (TPSA) is 86.6 Å². The molecule has 0 spiro atoms. The number of benzene rings is 2. The number of rotatable bonds is 5. The molecule has 0 amide bonds. The molecule has 0 aliphatic carbocycles.